The van der Waals surface area contributed by atoms with Crippen molar-refractivity contribution in [2.75, 3.05) is 6.54 Å². The van der Waals surface area contributed by atoms with Gasteiger partial charge < -0.3 is 5.32 Å². The summed E-state index contributed by atoms with van der Waals surface area (Å²) in [6, 6.07) is 9.74. The zero-order valence-electron chi connectivity index (χ0n) is 12.0. The van der Waals surface area contributed by atoms with E-state index in [-0.39, 0.29) is 0 Å². The fraction of sp³-hybridized carbons (Fsp3) is 0.471. The highest BCUT2D eigenvalue weighted by atomic mass is 32.1. The van der Waals surface area contributed by atoms with Crippen molar-refractivity contribution in [2.45, 2.75) is 38.6 Å². The summed E-state index contributed by atoms with van der Waals surface area (Å²) >= 11 is 1.70. The number of hydrogen-bond acceptors (Lipinski definition) is 3. The fourth-order valence-electron chi connectivity index (χ4n) is 2.53. The van der Waals surface area contributed by atoms with Crippen molar-refractivity contribution in [3.63, 3.8) is 0 Å². The van der Waals surface area contributed by atoms with Crippen LogP contribution < -0.4 is 5.32 Å². The van der Waals surface area contributed by atoms with Crippen LogP contribution in [-0.2, 0) is 12.8 Å². The largest absolute Gasteiger partial charge is 0.314 e. The van der Waals surface area contributed by atoms with E-state index in [2.05, 4.69) is 46.9 Å². The van der Waals surface area contributed by atoms with Gasteiger partial charge in [-0.1, -0.05) is 29.8 Å². The Labute approximate surface area is 125 Å². The number of aromatic nitrogens is 1. The van der Waals surface area contributed by atoms with E-state index in [1.54, 1.807) is 11.3 Å². The molecule has 1 aromatic heterocycles. The van der Waals surface area contributed by atoms with Crippen molar-refractivity contribution >= 4 is 11.3 Å². The smallest absolute Gasteiger partial charge is 0.0794 e. The third-order valence-corrected chi connectivity index (χ3v) is 4.53. The van der Waals surface area contributed by atoms with Crippen LogP contribution in [0.15, 0.2) is 35.2 Å². The molecule has 1 saturated carbocycles. The van der Waals surface area contributed by atoms with Gasteiger partial charge in [-0.2, -0.15) is 0 Å². The monoisotopic (exact) mass is 286 g/mol. The maximum absolute atomic E-state index is 4.45. The van der Waals surface area contributed by atoms with E-state index in [4.69, 9.17) is 0 Å². The summed E-state index contributed by atoms with van der Waals surface area (Å²) < 4.78 is 0. The first-order chi connectivity index (χ1) is 9.79. The average Bonchev–Trinajstić information content (AvgIpc) is 3.15. The van der Waals surface area contributed by atoms with Crippen molar-refractivity contribution < 1.29 is 0 Å². The van der Waals surface area contributed by atoms with E-state index in [9.17, 15) is 0 Å². The molecule has 1 N–H and O–H groups in total. The van der Waals surface area contributed by atoms with Crippen LogP contribution in [0.3, 0.4) is 0 Å². The van der Waals surface area contributed by atoms with E-state index in [1.165, 1.54) is 29.7 Å². The van der Waals surface area contributed by atoms with E-state index in [0.29, 0.717) is 5.92 Å². The van der Waals surface area contributed by atoms with E-state index >= 15 is 0 Å². The molecule has 2 nitrogen and oxygen atoms in total. The van der Waals surface area contributed by atoms with E-state index < -0.39 is 0 Å². The van der Waals surface area contributed by atoms with Crippen LogP contribution in [0.25, 0.3) is 0 Å². The molecule has 1 atom stereocenters. The molecule has 1 aromatic carbocycles. The molecule has 2 aromatic rings. The summed E-state index contributed by atoms with van der Waals surface area (Å²) in [7, 11) is 0. The lowest BCUT2D eigenvalue weighted by atomic mass is 9.94. The molecule has 1 aliphatic rings. The highest BCUT2D eigenvalue weighted by Crippen LogP contribution is 2.21. The molecule has 106 valence electrons. The fourth-order valence-corrected chi connectivity index (χ4v) is 3.10. The maximum Gasteiger partial charge on any atom is 0.0794 e. The van der Waals surface area contributed by atoms with Gasteiger partial charge in [-0.3, -0.25) is 0 Å². The van der Waals surface area contributed by atoms with Gasteiger partial charge in [-0.05, 0) is 50.6 Å². The predicted octanol–water partition coefficient (Wildman–Crippen LogP) is 3.60. The lowest BCUT2D eigenvalue weighted by molar-refractivity contribution is 0.465. The van der Waals surface area contributed by atoms with Crippen molar-refractivity contribution in [1.29, 1.82) is 0 Å². The number of nitrogens with one attached hydrogen (secondary N) is 1. The number of benzene rings is 1. The van der Waals surface area contributed by atoms with Gasteiger partial charge in [0.05, 0.1) is 11.2 Å². The molecule has 0 spiro atoms. The number of nitrogens with zero attached hydrogens (tertiary/aromatic N) is 1. The van der Waals surface area contributed by atoms with Crippen LogP contribution in [0, 0.1) is 12.8 Å². The Morgan fingerprint density at radius 3 is 2.70 bits per heavy atom. The SMILES string of the molecule is Cc1ccc(CC(CNC2CC2)Cc2cscn2)cc1. The minimum Gasteiger partial charge on any atom is -0.314 e. The molecular weight excluding hydrogens is 264 g/mol. The van der Waals surface area contributed by atoms with E-state index in [1.807, 2.05) is 5.51 Å². The Hall–Kier alpha value is -1.19. The predicted molar refractivity (Wildman–Crippen MR) is 85.2 cm³/mol. The summed E-state index contributed by atoms with van der Waals surface area (Å²) in [5, 5.41) is 5.86. The summed E-state index contributed by atoms with van der Waals surface area (Å²) in [5.74, 6) is 0.639. The minimum absolute atomic E-state index is 0.639. The Morgan fingerprint density at radius 1 is 1.25 bits per heavy atom. The zero-order valence-corrected chi connectivity index (χ0v) is 12.8. The Kier molecular flexibility index (Phi) is 4.48. The van der Waals surface area contributed by atoms with Gasteiger partial charge in [0.2, 0.25) is 0 Å². The van der Waals surface area contributed by atoms with Gasteiger partial charge in [0, 0.05) is 11.4 Å². The summed E-state index contributed by atoms with van der Waals surface area (Å²) in [5.41, 5.74) is 5.95. The first-order valence-corrected chi connectivity index (χ1v) is 8.40. The summed E-state index contributed by atoms with van der Waals surface area (Å²) in [4.78, 5) is 4.45. The first kappa shape index (κ1) is 13.8. The van der Waals surface area contributed by atoms with Gasteiger partial charge in [0.15, 0.2) is 0 Å². The number of aryl methyl sites for hydroxylation is 1. The van der Waals surface area contributed by atoms with Crippen LogP contribution in [-0.4, -0.2) is 17.6 Å². The van der Waals surface area contributed by atoms with Crippen LogP contribution in [0.5, 0.6) is 0 Å². The zero-order chi connectivity index (χ0) is 13.8. The third-order valence-electron chi connectivity index (χ3n) is 3.90. The molecule has 3 rings (SSSR count). The molecule has 1 fully saturated rings. The highest BCUT2D eigenvalue weighted by Gasteiger charge is 2.22. The van der Waals surface area contributed by atoms with Crippen LogP contribution in [0.2, 0.25) is 0 Å². The van der Waals surface area contributed by atoms with Crippen molar-refractivity contribution in [2.24, 2.45) is 5.92 Å². The molecule has 0 saturated heterocycles. The number of rotatable bonds is 7. The van der Waals surface area contributed by atoms with Gasteiger partial charge in [-0.15, -0.1) is 11.3 Å². The second-order valence-electron chi connectivity index (χ2n) is 5.92. The second-order valence-corrected chi connectivity index (χ2v) is 6.64. The van der Waals surface area contributed by atoms with E-state index in [0.717, 1.165) is 25.4 Å². The molecule has 0 radical (unpaired) electrons. The first-order valence-electron chi connectivity index (χ1n) is 7.45. The second kappa shape index (κ2) is 6.51. The molecular formula is C17H22N2S. The minimum atomic E-state index is 0.639. The normalized spacial score (nSPS) is 16.2. The molecule has 0 aliphatic heterocycles. The van der Waals surface area contributed by atoms with Crippen LogP contribution in [0.4, 0.5) is 0 Å². The molecule has 0 bridgehead atoms. The van der Waals surface area contributed by atoms with Crippen LogP contribution in [0.1, 0.15) is 29.7 Å². The highest BCUT2D eigenvalue weighted by molar-refractivity contribution is 7.07. The summed E-state index contributed by atoms with van der Waals surface area (Å²) in [6.07, 6.45) is 4.93. The standard InChI is InChI=1S/C17H22N2S/c1-13-2-4-14(5-3-13)8-15(10-18-16-6-7-16)9-17-11-20-12-19-17/h2-5,11-12,15-16,18H,6-10H2,1H3. The Balaban J connectivity index is 1.61. The topological polar surface area (TPSA) is 24.9 Å². The molecule has 3 heteroatoms. The Bertz CT molecular complexity index is 514. The van der Waals surface area contributed by atoms with Crippen molar-refractivity contribution in [3.05, 3.63) is 52.0 Å². The number of thiazole rings is 1. The van der Waals surface area contributed by atoms with Gasteiger partial charge in [0.25, 0.3) is 0 Å². The molecule has 20 heavy (non-hydrogen) atoms. The lowest BCUT2D eigenvalue weighted by Gasteiger charge is -2.17. The Morgan fingerprint density at radius 2 is 2.05 bits per heavy atom. The summed E-state index contributed by atoms with van der Waals surface area (Å²) in [6.45, 7) is 3.25. The van der Waals surface area contributed by atoms with Gasteiger partial charge in [0.1, 0.15) is 0 Å². The van der Waals surface area contributed by atoms with Crippen molar-refractivity contribution in [1.82, 2.24) is 10.3 Å². The molecule has 1 unspecified atom stereocenters. The third kappa shape index (κ3) is 4.15. The average molecular weight is 286 g/mol. The van der Waals surface area contributed by atoms with Gasteiger partial charge in [-0.25, -0.2) is 4.98 Å². The van der Waals surface area contributed by atoms with Crippen LogP contribution >= 0.6 is 11.3 Å². The molecule has 1 heterocycles. The maximum atomic E-state index is 4.45. The molecule has 1 aliphatic carbocycles. The molecule has 0 amide bonds. The number of hydrogen-bond donors (Lipinski definition) is 1. The van der Waals surface area contributed by atoms with Gasteiger partial charge >= 0.3 is 0 Å². The van der Waals surface area contributed by atoms with Crippen molar-refractivity contribution in [3.8, 4) is 0 Å². The quantitative estimate of drug-likeness (QED) is 0.841. The lowest BCUT2D eigenvalue weighted by Crippen LogP contribution is -2.27.